The highest BCUT2D eigenvalue weighted by atomic mass is 35.5. The molecular formula is C20H17ClFN3O. The lowest BCUT2D eigenvalue weighted by molar-refractivity contribution is -0.121. The second-order valence-electron chi connectivity index (χ2n) is 5.77. The Hall–Kier alpha value is -2.79. The highest BCUT2D eigenvalue weighted by Gasteiger charge is 2.09. The van der Waals surface area contributed by atoms with Crippen molar-refractivity contribution >= 4 is 17.5 Å². The number of aryl methyl sites for hydroxylation is 1. The summed E-state index contributed by atoms with van der Waals surface area (Å²) in [5, 5.41) is 2.97. The van der Waals surface area contributed by atoms with E-state index in [2.05, 4.69) is 15.3 Å². The summed E-state index contributed by atoms with van der Waals surface area (Å²) in [6.45, 7) is 0.374. The van der Waals surface area contributed by atoms with Gasteiger partial charge in [0.25, 0.3) is 0 Å². The van der Waals surface area contributed by atoms with Gasteiger partial charge in [-0.1, -0.05) is 23.7 Å². The number of carbonyl (C=O) groups excluding carboxylic acids is 1. The number of nitrogens with zero attached hydrogens (tertiary/aromatic N) is 2. The third-order valence-electron chi connectivity index (χ3n) is 3.95. The maximum absolute atomic E-state index is 13.4. The average Bonchev–Trinajstić information content (AvgIpc) is 2.68. The Morgan fingerprint density at radius 2 is 1.92 bits per heavy atom. The molecule has 0 aliphatic heterocycles. The Balaban J connectivity index is 1.59. The minimum Gasteiger partial charge on any atom is -0.352 e. The summed E-state index contributed by atoms with van der Waals surface area (Å²) in [7, 11) is 0. The zero-order chi connectivity index (χ0) is 18.4. The van der Waals surface area contributed by atoms with Crippen LogP contribution in [0, 0.1) is 5.82 Å². The van der Waals surface area contributed by atoms with Gasteiger partial charge in [0.15, 0.2) is 0 Å². The molecule has 1 aromatic carbocycles. The maximum atomic E-state index is 13.4. The molecule has 4 nitrogen and oxygen atoms in total. The minimum atomic E-state index is -0.470. The predicted octanol–water partition coefficient (Wildman–Crippen LogP) is 4.19. The second kappa shape index (κ2) is 8.54. The maximum Gasteiger partial charge on any atom is 0.220 e. The molecule has 2 heterocycles. The zero-order valence-corrected chi connectivity index (χ0v) is 14.7. The molecule has 6 heteroatoms. The van der Waals surface area contributed by atoms with Crippen LogP contribution < -0.4 is 5.32 Å². The first-order valence-electron chi connectivity index (χ1n) is 8.18. The van der Waals surface area contributed by atoms with Crippen LogP contribution in [0.3, 0.4) is 0 Å². The molecule has 2 aromatic heterocycles. The Morgan fingerprint density at radius 3 is 2.69 bits per heavy atom. The van der Waals surface area contributed by atoms with Gasteiger partial charge in [-0.15, -0.1) is 0 Å². The second-order valence-corrected chi connectivity index (χ2v) is 6.18. The van der Waals surface area contributed by atoms with Gasteiger partial charge in [-0.2, -0.15) is 0 Å². The lowest BCUT2D eigenvalue weighted by Gasteiger charge is -2.10. The zero-order valence-electron chi connectivity index (χ0n) is 14.0. The monoisotopic (exact) mass is 369 g/mol. The number of halogens is 2. The molecule has 0 saturated heterocycles. The predicted molar refractivity (Wildman–Crippen MR) is 99.0 cm³/mol. The van der Waals surface area contributed by atoms with Crippen molar-refractivity contribution in [2.24, 2.45) is 0 Å². The van der Waals surface area contributed by atoms with Gasteiger partial charge >= 0.3 is 0 Å². The fourth-order valence-electron chi connectivity index (χ4n) is 2.59. The van der Waals surface area contributed by atoms with Crippen LogP contribution in [0.5, 0.6) is 0 Å². The van der Waals surface area contributed by atoms with E-state index < -0.39 is 5.82 Å². The van der Waals surface area contributed by atoms with Crippen LogP contribution in [0.4, 0.5) is 4.39 Å². The topological polar surface area (TPSA) is 54.9 Å². The van der Waals surface area contributed by atoms with Crippen molar-refractivity contribution in [3.8, 4) is 11.3 Å². The summed E-state index contributed by atoms with van der Waals surface area (Å²) in [6.07, 6.45) is 5.85. The summed E-state index contributed by atoms with van der Waals surface area (Å²) in [6, 6.07) is 12.1. The van der Waals surface area contributed by atoms with Crippen molar-refractivity contribution in [1.29, 1.82) is 0 Å². The van der Waals surface area contributed by atoms with E-state index in [-0.39, 0.29) is 17.4 Å². The molecule has 0 radical (unpaired) electrons. The van der Waals surface area contributed by atoms with Crippen LogP contribution in [0.25, 0.3) is 11.3 Å². The van der Waals surface area contributed by atoms with E-state index in [1.807, 2.05) is 24.3 Å². The van der Waals surface area contributed by atoms with Crippen LogP contribution in [0.2, 0.25) is 5.02 Å². The van der Waals surface area contributed by atoms with Crippen molar-refractivity contribution in [3.63, 3.8) is 0 Å². The lowest BCUT2D eigenvalue weighted by Crippen LogP contribution is -2.23. The summed E-state index contributed by atoms with van der Waals surface area (Å²) >= 11 is 5.66. The van der Waals surface area contributed by atoms with Gasteiger partial charge in [-0.3, -0.25) is 14.8 Å². The van der Waals surface area contributed by atoms with Gasteiger partial charge in [0.1, 0.15) is 5.82 Å². The summed E-state index contributed by atoms with van der Waals surface area (Å²) in [4.78, 5) is 20.5. The number of amides is 1. The molecule has 132 valence electrons. The molecule has 0 saturated carbocycles. The van der Waals surface area contributed by atoms with Gasteiger partial charge in [0.2, 0.25) is 5.91 Å². The van der Waals surface area contributed by atoms with Gasteiger partial charge in [-0.25, -0.2) is 4.39 Å². The molecular weight excluding hydrogens is 353 g/mol. The number of benzene rings is 1. The average molecular weight is 370 g/mol. The molecule has 3 rings (SSSR count). The van der Waals surface area contributed by atoms with Crippen molar-refractivity contribution in [1.82, 2.24) is 15.3 Å². The first-order valence-corrected chi connectivity index (χ1v) is 8.56. The SMILES string of the molecule is O=C(CCc1ccc(Cl)c(F)c1)NCc1cccnc1-c1ccncc1. The molecule has 0 spiro atoms. The van der Waals surface area contributed by atoms with Gasteiger partial charge in [0, 0.05) is 37.1 Å². The third-order valence-corrected chi connectivity index (χ3v) is 4.25. The molecule has 26 heavy (non-hydrogen) atoms. The van der Waals surface area contributed by atoms with Crippen molar-refractivity contribution in [2.45, 2.75) is 19.4 Å². The first-order chi connectivity index (χ1) is 12.6. The molecule has 1 N–H and O–H groups in total. The number of aromatic nitrogens is 2. The number of pyridine rings is 2. The van der Waals surface area contributed by atoms with Crippen LogP contribution in [0.15, 0.2) is 61.1 Å². The standard InChI is InChI=1S/C20H17ClFN3O/c21-17-5-3-14(12-18(17)22)4-6-19(26)25-13-16-2-1-9-24-20(16)15-7-10-23-11-8-15/h1-3,5,7-12H,4,6,13H2,(H,25,26). The van der Waals surface area contributed by atoms with Crippen molar-refractivity contribution < 1.29 is 9.18 Å². The molecule has 0 aliphatic carbocycles. The van der Waals surface area contributed by atoms with E-state index in [0.29, 0.717) is 13.0 Å². The number of hydrogen-bond donors (Lipinski definition) is 1. The van der Waals surface area contributed by atoms with Crippen molar-refractivity contribution in [2.75, 3.05) is 0 Å². The lowest BCUT2D eigenvalue weighted by atomic mass is 10.1. The van der Waals surface area contributed by atoms with E-state index in [1.54, 1.807) is 24.7 Å². The summed E-state index contributed by atoms with van der Waals surface area (Å²) in [5.74, 6) is -0.577. The number of nitrogens with one attached hydrogen (secondary N) is 1. The largest absolute Gasteiger partial charge is 0.352 e. The molecule has 0 unspecified atom stereocenters. The fourth-order valence-corrected chi connectivity index (χ4v) is 2.70. The van der Waals surface area contributed by atoms with E-state index in [0.717, 1.165) is 22.4 Å². The van der Waals surface area contributed by atoms with Crippen LogP contribution in [-0.4, -0.2) is 15.9 Å². The normalized spacial score (nSPS) is 10.5. The molecule has 0 fully saturated rings. The molecule has 0 atom stereocenters. The fraction of sp³-hybridized carbons (Fsp3) is 0.150. The Kier molecular flexibility index (Phi) is 5.92. The first kappa shape index (κ1) is 18.0. The smallest absolute Gasteiger partial charge is 0.220 e. The molecule has 1 amide bonds. The summed E-state index contributed by atoms with van der Waals surface area (Å²) < 4.78 is 13.4. The van der Waals surface area contributed by atoms with E-state index in [1.165, 1.54) is 12.1 Å². The van der Waals surface area contributed by atoms with E-state index in [4.69, 9.17) is 11.6 Å². The summed E-state index contributed by atoms with van der Waals surface area (Å²) in [5.41, 5.74) is 3.42. The minimum absolute atomic E-state index is 0.0819. The highest BCUT2D eigenvalue weighted by Crippen LogP contribution is 2.20. The number of carbonyl (C=O) groups is 1. The van der Waals surface area contributed by atoms with E-state index in [9.17, 15) is 9.18 Å². The third kappa shape index (κ3) is 4.64. The number of hydrogen-bond acceptors (Lipinski definition) is 3. The van der Waals surface area contributed by atoms with Crippen LogP contribution >= 0.6 is 11.6 Å². The Labute approximate surface area is 156 Å². The van der Waals surface area contributed by atoms with Gasteiger partial charge < -0.3 is 5.32 Å². The van der Waals surface area contributed by atoms with Gasteiger partial charge in [0.05, 0.1) is 10.7 Å². The molecule has 3 aromatic rings. The number of rotatable bonds is 6. The Morgan fingerprint density at radius 1 is 1.12 bits per heavy atom. The van der Waals surface area contributed by atoms with E-state index >= 15 is 0 Å². The van der Waals surface area contributed by atoms with Gasteiger partial charge in [-0.05, 0) is 47.9 Å². The molecule has 0 bridgehead atoms. The van der Waals surface area contributed by atoms with Crippen LogP contribution in [-0.2, 0) is 17.8 Å². The van der Waals surface area contributed by atoms with Crippen molar-refractivity contribution in [3.05, 3.63) is 83.0 Å². The molecule has 0 aliphatic rings. The Bertz CT molecular complexity index is 903. The quantitative estimate of drug-likeness (QED) is 0.709. The highest BCUT2D eigenvalue weighted by molar-refractivity contribution is 6.30. The van der Waals surface area contributed by atoms with Crippen LogP contribution in [0.1, 0.15) is 17.5 Å².